The summed E-state index contributed by atoms with van der Waals surface area (Å²) >= 11 is 0. The maximum absolute atomic E-state index is 11.8. The molecule has 1 aliphatic carbocycles. The minimum atomic E-state index is -0.0599. The number of hydrogen-bond donors (Lipinski definition) is 0. The number of carbonyl (C=O) groups excluding carboxylic acids is 1. The Labute approximate surface area is 125 Å². The highest BCUT2D eigenvalue weighted by molar-refractivity contribution is 5.78. The highest BCUT2D eigenvalue weighted by atomic mass is 16.5. The van der Waals surface area contributed by atoms with E-state index in [1.807, 2.05) is 30.9 Å². The number of amides is 1. The van der Waals surface area contributed by atoms with Gasteiger partial charge in [-0.2, -0.15) is 0 Å². The number of ether oxygens (including phenoxy) is 2. The predicted octanol–water partition coefficient (Wildman–Crippen LogP) is 2.27. The van der Waals surface area contributed by atoms with E-state index in [4.69, 9.17) is 9.47 Å². The summed E-state index contributed by atoms with van der Waals surface area (Å²) in [4.78, 5) is 13.6. The standard InChI is InChI=1S/C17H21NO3/c1-12(2)18-9-14(20-11-17(18)19)10-21-16-8-4-6-13-5-3-7-15(13)16/h3-6,8,12,14H,7,9-11H2,1-2H3. The zero-order valence-electron chi connectivity index (χ0n) is 12.5. The van der Waals surface area contributed by atoms with Crippen LogP contribution >= 0.6 is 0 Å². The SMILES string of the molecule is CC(C)N1CC(COc2cccc3c2CC=C3)OCC1=O. The molecule has 0 saturated carbocycles. The molecule has 0 N–H and O–H groups in total. The molecule has 1 aliphatic heterocycles. The molecule has 1 amide bonds. The van der Waals surface area contributed by atoms with Gasteiger partial charge in [0.15, 0.2) is 0 Å². The fourth-order valence-electron chi connectivity index (χ4n) is 2.82. The Hall–Kier alpha value is -1.81. The van der Waals surface area contributed by atoms with Gasteiger partial charge in [-0.15, -0.1) is 0 Å². The van der Waals surface area contributed by atoms with Crippen LogP contribution in [0.4, 0.5) is 0 Å². The molecule has 1 unspecified atom stereocenters. The number of fused-ring (bicyclic) bond motifs is 1. The third-order valence-electron chi connectivity index (χ3n) is 4.00. The molecule has 0 aromatic heterocycles. The molecule has 1 aromatic carbocycles. The topological polar surface area (TPSA) is 38.8 Å². The quantitative estimate of drug-likeness (QED) is 0.852. The van der Waals surface area contributed by atoms with Gasteiger partial charge in [-0.1, -0.05) is 24.3 Å². The van der Waals surface area contributed by atoms with Gasteiger partial charge in [0.25, 0.3) is 0 Å². The van der Waals surface area contributed by atoms with Crippen LogP contribution in [0.25, 0.3) is 6.08 Å². The highest BCUT2D eigenvalue weighted by Gasteiger charge is 2.28. The number of allylic oxidation sites excluding steroid dienone is 1. The van der Waals surface area contributed by atoms with E-state index in [1.54, 1.807) is 0 Å². The number of rotatable bonds is 4. The summed E-state index contributed by atoms with van der Waals surface area (Å²) in [5.41, 5.74) is 2.47. The van der Waals surface area contributed by atoms with Crippen molar-refractivity contribution < 1.29 is 14.3 Å². The normalized spacial score (nSPS) is 21.0. The number of hydrogen-bond acceptors (Lipinski definition) is 3. The molecule has 1 heterocycles. The molecule has 1 saturated heterocycles. The van der Waals surface area contributed by atoms with Crippen LogP contribution in [0, 0.1) is 0 Å². The molecule has 1 aromatic rings. The van der Waals surface area contributed by atoms with Gasteiger partial charge in [-0.3, -0.25) is 4.79 Å². The molecule has 3 rings (SSSR count). The molecule has 1 fully saturated rings. The lowest BCUT2D eigenvalue weighted by molar-refractivity contribution is -0.153. The molecule has 112 valence electrons. The highest BCUT2D eigenvalue weighted by Crippen LogP contribution is 2.29. The number of nitrogens with zero attached hydrogens (tertiary/aromatic N) is 1. The van der Waals surface area contributed by atoms with Gasteiger partial charge < -0.3 is 14.4 Å². The lowest BCUT2D eigenvalue weighted by atomic mass is 10.1. The Morgan fingerprint density at radius 2 is 2.29 bits per heavy atom. The Bertz CT molecular complexity index is 565. The number of morpholine rings is 1. The second-order valence-electron chi connectivity index (χ2n) is 5.81. The Morgan fingerprint density at radius 1 is 1.43 bits per heavy atom. The summed E-state index contributed by atoms with van der Waals surface area (Å²) in [6, 6.07) is 6.31. The zero-order valence-corrected chi connectivity index (χ0v) is 12.5. The van der Waals surface area contributed by atoms with Crippen LogP contribution in [0.15, 0.2) is 24.3 Å². The third-order valence-corrected chi connectivity index (χ3v) is 4.00. The molecule has 0 radical (unpaired) electrons. The lowest BCUT2D eigenvalue weighted by Crippen LogP contribution is -2.51. The fraction of sp³-hybridized carbons (Fsp3) is 0.471. The van der Waals surface area contributed by atoms with Gasteiger partial charge in [0.05, 0.1) is 6.54 Å². The van der Waals surface area contributed by atoms with Crippen molar-refractivity contribution in [1.29, 1.82) is 0 Å². The van der Waals surface area contributed by atoms with E-state index in [0.29, 0.717) is 13.2 Å². The van der Waals surface area contributed by atoms with Crippen LogP contribution in [0.5, 0.6) is 5.75 Å². The first-order valence-corrected chi connectivity index (χ1v) is 7.47. The van der Waals surface area contributed by atoms with Crippen LogP contribution in [0.2, 0.25) is 0 Å². The van der Waals surface area contributed by atoms with Crippen LogP contribution in [-0.4, -0.2) is 42.7 Å². The first kappa shape index (κ1) is 14.1. The third kappa shape index (κ3) is 2.95. The van der Waals surface area contributed by atoms with Crippen LogP contribution in [-0.2, 0) is 16.0 Å². The summed E-state index contributed by atoms with van der Waals surface area (Å²) < 4.78 is 11.5. The van der Waals surface area contributed by atoms with Crippen LogP contribution in [0.3, 0.4) is 0 Å². The van der Waals surface area contributed by atoms with Crippen LogP contribution in [0.1, 0.15) is 25.0 Å². The Morgan fingerprint density at radius 3 is 3.10 bits per heavy atom. The first-order chi connectivity index (χ1) is 10.1. The molecule has 1 atom stereocenters. The number of carbonyl (C=O) groups is 1. The first-order valence-electron chi connectivity index (χ1n) is 7.47. The van der Waals surface area contributed by atoms with E-state index in [0.717, 1.165) is 12.2 Å². The minimum Gasteiger partial charge on any atom is -0.490 e. The molecule has 4 nitrogen and oxygen atoms in total. The van der Waals surface area contributed by atoms with E-state index in [9.17, 15) is 4.79 Å². The zero-order chi connectivity index (χ0) is 14.8. The van der Waals surface area contributed by atoms with E-state index >= 15 is 0 Å². The second kappa shape index (κ2) is 5.90. The summed E-state index contributed by atoms with van der Waals surface area (Å²) in [6.07, 6.45) is 5.13. The molecule has 0 bridgehead atoms. The number of benzene rings is 1. The van der Waals surface area contributed by atoms with Crippen molar-refractivity contribution >= 4 is 12.0 Å². The second-order valence-corrected chi connectivity index (χ2v) is 5.81. The average Bonchev–Trinajstić information content (AvgIpc) is 2.95. The van der Waals surface area contributed by atoms with Gasteiger partial charge in [-0.05, 0) is 31.9 Å². The Balaban J connectivity index is 1.61. The van der Waals surface area contributed by atoms with E-state index in [-0.39, 0.29) is 24.7 Å². The molecule has 0 spiro atoms. The van der Waals surface area contributed by atoms with E-state index in [2.05, 4.69) is 18.2 Å². The Kier molecular flexibility index (Phi) is 3.97. The maximum Gasteiger partial charge on any atom is 0.248 e. The van der Waals surface area contributed by atoms with E-state index < -0.39 is 0 Å². The molecule has 2 aliphatic rings. The smallest absolute Gasteiger partial charge is 0.248 e. The van der Waals surface area contributed by atoms with Crippen molar-refractivity contribution in [2.24, 2.45) is 0 Å². The van der Waals surface area contributed by atoms with Crippen molar-refractivity contribution in [1.82, 2.24) is 4.90 Å². The van der Waals surface area contributed by atoms with Gasteiger partial charge in [0.1, 0.15) is 25.1 Å². The summed E-state index contributed by atoms with van der Waals surface area (Å²) in [6.45, 7) is 5.28. The maximum atomic E-state index is 11.8. The summed E-state index contributed by atoms with van der Waals surface area (Å²) in [5, 5.41) is 0. The van der Waals surface area contributed by atoms with Crippen molar-refractivity contribution in [2.75, 3.05) is 19.8 Å². The predicted molar refractivity (Wildman–Crippen MR) is 81.3 cm³/mol. The van der Waals surface area contributed by atoms with Crippen molar-refractivity contribution in [2.45, 2.75) is 32.4 Å². The van der Waals surface area contributed by atoms with Crippen molar-refractivity contribution in [3.8, 4) is 5.75 Å². The monoisotopic (exact) mass is 287 g/mol. The van der Waals surface area contributed by atoms with Gasteiger partial charge in [0.2, 0.25) is 5.91 Å². The molecular formula is C17H21NO3. The lowest BCUT2D eigenvalue weighted by Gasteiger charge is -2.35. The van der Waals surface area contributed by atoms with Crippen molar-refractivity contribution in [3.63, 3.8) is 0 Å². The summed E-state index contributed by atoms with van der Waals surface area (Å²) in [5.74, 6) is 0.986. The molecule has 4 heteroatoms. The van der Waals surface area contributed by atoms with Crippen LogP contribution < -0.4 is 4.74 Å². The van der Waals surface area contributed by atoms with Gasteiger partial charge >= 0.3 is 0 Å². The average molecular weight is 287 g/mol. The summed E-state index contributed by atoms with van der Waals surface area (Å²) in [7, 11) is 0. The molecule has 21 heavy (non-hydrogen) atoms. The van der Waals surface area contributed by atoms with Crippen molar-refractivity contribution in [3.05, 3.63) is 35.4 Å². The molecular weight excluding hydrogens is 266 g/mol. The minimum absolute atomic E-state index is 0.0599. The fourth-order valence-corrected chi connectivity index (χ4v) is 2.82. The largest absolute Gasteiger partial charge is 0.490 e. The van der Waals surface area contributed by atoms with Gasteiger partial charge in [0, 0.05) is 11.6 Å². The van der Waals surface area contributed by atoms with Gasteiger partial charge in [-0.25, -0.2) is 0 Å². The van der Waals surface area contributed by atoms with E-state index in [1.165, 1.54) is 11.1 Å².